The summed E-state index contributed by atoms with van der Waals surface area (Å²) in [6.45, 7) is 11.9. The third-order valence-electron chi connectivity index (χ3n) is 9.50. The highest BCUT2D eigenvalue weighted by Crippen LogP contribution is 2.29. The number of methoxy groups -OCH3 is 1. The molecule has 70 heavy (non-hydrogen) atoms. The summed E-state index contributed by atoms with van der Waals surface area (Å²) in [6.07, 6.45) is -3.44. The largest absolute Gasteiger partial charge is 0.503 e. The van der Waals surface area contributed by atoms with E-state index in [9.17, 15) is 60.3 Å². The molecule has 3 heterocycles. The first-order valence-corrected chi connectivity index (χ1v) is 25.2. The van der Waals surface area contributed by atoms with Gasteiger partial charge in [-0.2, -0.15) is 16.8 Å². The van der Waals surface area contributed by atoms with Crippen molar-refractivity contribution in [1.29, 1.82) is 0 Å². The van der Waals surface area contributed by atoms with E-state index in [-0.39, 0.29) is 18.6 Å². The predicted octanol–water partition coefficient (Wildman–Crippen LogP) is 0.852. The van der Waals surface area contributed by atoms with E-state index in [0.717, 1.165) is 12.5 Å². The van der Waals surface area contributed by atoms with E-state index in [2.05, 4.69) is 15.6 Å². The number of nitrogens with zero attached hydrogens (tertiary/aromatic N) is 1. The molecule has 2 aliphatic heterocycles. The quantitative estimate of drug-likeness (QED) is 0.117. The molecule has 2 aliphatic rings. The lowest BCUT2D eigenvalue weighted by Gasteiger charge is -2.29. The Labute approximate surface area is 405 Å². The second-order valence-corrected chi connectivity index (χ2v) is 20.7. The summed E-state index contributed by atoms with van der Waals surface area (Å²) in [5.41, 5.74) is -1.29. The molecule has 3 N–H and O–H groups in total. The standard InChI is InChI=1S/C22H30N2O12S.C20H33NO11S/c1-11(2)20(27)36-18-12(3)35-22(29)14(10-33-21(28)13(18)7-9-34-37(5,30)31)24-19(26)16-17(25)15(32-4)6-8-23-16;1-11(2)16(22)31-15-12(3)30-18(24)14(21-19(25)32-20(4,5)6)10-28-17(23)13(15)8-9-29-33(7,26)27/h6,8,11-14,18,25H,7,9-10H2,1-5H3,(H,24,26);11-15H,8-10H2,1-7H3,(H,21,25)/t12-,13+,14-,18-;12-,13+,14-,15-/m00/s1. The Morgan fingerprint density at radius 3 is 1.53 bits per heavy atom. The number of alkyl carbamates (subject to hydrolysis) is 1. The summed E-state index contributed by atoms with van der Waals surface area (Å²) in [6, 6.07) is -1.58. The van der Waals surface area contributed by atoms with Crippen molar-refractivity contribution < 1.29 is 107 Å². The Kier molecular flexibility index (Phi) is 22.7. The first-order chi connectivity index (χ1) is 32.2. The SMILES string of the molecule is CC(C)C(=O)O[C@H]1[C@H](C)OC(=O)[C@@H](NC(=O)OC(C)(C)C)COC(=O)[C@@H]1CCOS(C)(=O)=O.COc1ccnc(C(=O)N[C@H]2COC(=O)[C@H](CCOS(C)(=O)=O)[C@@H](OC(=O)C(C)C)[C@H](C)OC2=O)c1O. The maximum Gasteiger partial charge on any atom is 0.408 e. The van der Waals surface area contributed by atoms with Crippen molar-refractivity contribution >= 4 is 68.1 Å². The van der Waals surface area contributed by atoms with Crippen LogP contribution in [0.25, 0.3) is 0 Å². The van der Waals surface area contributed by atoms with Crippen molar-refractivity contribution in [2.45, 2.75) is 117 Å². The Bertz CT molecular complexity index is 2260. The van der Waals surface area contributed by atoms with Gasteiger partial charge < -0.3 is 53.6 Å². The van der Waals surface area contributed by atoms with Crippen LogP contribution in [-0.4, -0.2) is 163 Å². The third-order valence-corrected chi connectivity index (χ3v) is 10.7. The van der Waals surface area contributed by atoms with Crippen molar-refractivity contribution in [1.82, 2.24) is 15.6 Å². The summed E-state index contributed by atoms with van der Waals surface area (Å²) < 4.78 is 96.7. The van der Waals surface area contributed by atoms with Crippen LogP contribution in [0, 0.1) is 23.7 Å². The van der Waals surface area contributed by atoms with Gasteiger partial charge in [-0.05, 0) is 47.5 Å². The second kappa shape index (κ2) is 26.4. The molecule has 0 spiro atoms. The first kappa shape index (κ1) is 60.3. The molecule has 26 nitrogen and oxygen atoms in total. The molecule has 2 fully saturated rings. The zero-order chi connectivity index (χ0) is 53.5. The average Bonchev–Trinajstić information content (AvgIpc) is 3.28. The lowest BCUT2D eigenvalue weighted by molar-refractivity contribution is -0.177. The summed E-state index contributed by atoms with van der Waals surface area (Å²) >= 11 is 0. The average molecular weight is 1040 g/mol. The second-order valence-electron chi connectivity index (χ2n) is 17.4. The van der Waals surface area contributed by atoms with Crippen LogP contribution in [0.1, 0.15) is 85.6 Å². The number of ether oxygens (including phenoxy) is 8. The van der Waals surface area contributed by atoms with E-state index in [1.165, 1.54) is 33.2 Å². The van der Waals surface area contributed by atoms with Crippen molar-refractivity contribution in [3.8, 4) is 11.5 Å². The molecule has 0 unspecified atom stereocenters. The number of amides is 2. The van der Waals surface area contributed by atoms with Crippen LogP contribution >= 0.6 is 0 Å². The fourth-order valence-electron chi connectivity index (χ4n) is 6.03. The van der Waals surface area contributed by atoms with Crippen LogP contribution in [0.2, 0.25) is 0 Å². The van der Waals surface area contributed by atoms with Gasteiger partial charge in [-0.15, -0.1) is 0 Å². The number of rotatable bonds is 16. The minimum atomic E-state index is -3.83. The molecule has 28 heteroatoms. The fraction of sp³-hybridized carbons (Fsp3) is 0.690. The number of esters is 6. The van der Waals surface area contributed by atoms with Crippen LogP contribution in [0.15, 0.2) is 12.3 Å². The zero-order valence-corrected chi connectivity index (χ0v) is 42.5. The molecule has 0 saturated carbocycles. The minimum absolute atomic E-state index is 0.0359. The topological polar surface area (TPSA) is 354 Å². The summed E-state index contributed by atoms with van der Waals surface area (Å²) in [4.78, 5) is 104. The molecular formula is C42H63N3O23S2. The van der Waals surface area contributed by atoms with Gasteiger partial charge in [0.1, 0.15) is 31.0 Å². The van der Waals surface area contributed by atoms with Crippen LogP contribution < -0.4 is 15.4 Å². The van der Waals surface area contributed by atoms with Gasteiger partial charge in [0, 0.05) is 12.3 Å². The van der Waals surface area contributed by atoms with Crippen LogP contribution in [0.3, 0.4) is 0 Å². The molecule has 1 aromatic heterocycles. The van der Waals surface area contributed by atoms with Gasteiger partial charge >= 0.3 is 41.9 Å². The molecule has 8 atom stereocenters. The number of carbonyl (C=O) groups is 8. The first-order valence-electron chi connectivity index (χ1n) is 21.6. The van der Waals surface area contributed by atoms with Crippen molar-refractivity contribution in [2.75, 3.05) is 46.0 Å². The Morgan fingerprint density at radius 2 is 1.16 bits per heavy atom. The molecule has 3 rings (SSSR count). The Hall–Kier alpha value is -5.87. The van der Waals surface area contributed by atoms with Crippen LogP contribution in [0.4, 0.5) is 4.79 Å². The monoisotopic (exact) mass is 1040 g/mol. The number of hydrogen-bond donors (Lipinski definition) is 3. The van der Waals surface area contributed by atoms with Gasteiger partial charge in [-0.25, -0.2) is 19.4 Å². The molecular weight excluding hydrogens is 979 g/mol. The van der Waals surface area contributed by atoms with E-state index in [1.807, 2.05) is 0 Å². The Balaban J connectivity index is 0.000000484. The van der Waals surface area contributed by atoms with Crippen LogP contribution in [-0.2, 0) is 90.5 Å². The number of cyclic esters (lactones) is 4. The molecule has 0 bridgehead atoms. The number of aromatic hydroxyl groups is 1. The van der Waals surface area contributed by atoms with Crippen molar-refractivity contribution in [3.63, 3.8) is 0 Å². The van der Waals surface area contributed by atoms with Gasteiger partial charge in [0.15, 0.2) is 41.5 Å². The van der Waals surface area contributed by atoms with Gasteiger partial charge in [-0.1, -0.05) is 27.7 Å². The summed E-state index contributed by atoms with van der Waals surface area (Å²) in [5, 5.41) is 14.7. The highest BCUT2D eigenvalue weighted by Gasteiger charge is 2.44. The minimum Gasteiger partial charge on any atom is -0.503 e. The third kappa shape index (κ3) is 20.2. The predicted molar refractivity (Wildman–Crippen MR) is 237 cm³/mol. The maximum atomic E-state index is 13.0. The van der Waals surface area contributed by atoms with Gasteiger partial charge in [-0.3, -0.25) is 32.3 Å². The lowest BCUT2D eigenvalue weighted by Crippen LogP contribution is -2.48. The zero-order valence-electron chi connectivity index (χ0n) is 40.9. The van der Waals surface area contributed by atoms with Crippen molar-refractivity contribution in [2.24, 2.45) is 23.7 Å². The molecule has 0 radical (unpaired) electrons. The number of hydrogen-bond acceptors (Lipinski definition) is 24. The fourth-order valence-corrected chi connectivity index (χ4v) is 6.82. The number of carbonyl (C=O) groups excluding carboxylic acids is 8. The summed E-state index contributed by atoms with van der Waals surface area (Å²) in [7, 11) is -6.34. The molecule has 2 amide bonds. The van der Waals surface area contributed by atoms with Crippen molar-refractivity contribution in [3.05, 3.63) is 18.0 Å². The molecule has 1 aromatic rings. The number of aromatic nitrogens is 1. The highest BCUT2D eigenvalue weighted by atomic mass is 32.2. The maximum absolute atomic E-state index is 13.0. The van der Waals surface area contributed by atoms with Crippen LogP contribution in [0.5, 0.6) is 11.5 Å². The van der Waals surface area contributed by atoms with Gasteiger partial charge in [0.2, 0.25) is 0 Å². The van der Waals surface area contributed by atoms with Gasteiger partial charge in [0.05, 0.1) is 56.5 Å². The number of nitrogens with one attached hydrogen (secondary N) is 2. The molecule has 0 aliphatic carbocycles. The van der Waals surface area contributed by atoms with Gasteiger partial charge in [0.25, 0.3) is 26.1 Å². The Morgan fingerprint density at radius 1 is 0.743 bits per heavy atom. The molecule has 0 aromatic carbocycles. The van der Waals surface area contributed by atoms with E-state index >= 15 is 0 Å². The normalized spacial score (nSPS) is 23.6. The smallest absolute Gasteiger partial charge is 0.408 e. The summed E-state index contributed by atoms with van der Waals surface area (Å²) in [5.74, 6) is -10.3. The van der Waals surface area contributed by atoms with E-state index in [0.29, 0.717) is 0 Å². The lowest BCUT2D eigenvalue weighted by atomic mass is 9.95. The number of pyridine rings is 1. The van der Waals surface area contributed by atoms with E-state index in [1.54, 1.807) is 48.5 Å². The molecule has 396 valence electrons. The molecule has 2 saturated heterocycles. The highest BCUT2D eigenvalue weighted by molar-refractivity contribution is 7.86. The van der Waals surface area contributed by atoms with E-state index < -0.39 is 172 Å². The van der Waals surface area contributed by atoms with E-state index in [4.69, 9.17) is 46.3 Å².